The number of hydrogen-bond donors (Lipinski definition) is 3. The fourth-order valence-corrected chi connectivity index (χ4v) is 1.39. The van der Waals surface area contributed by atoms with E-state index in [0.29, 0.717) is 19.4 Å². The summed E-state index contributed by atoms with van der Waals surface area (Å²) in [5, 5.41) is 14.0. The Labute approximate surface area is 102 Å². The van der Waals surface area contributed by atoms with Crippen molar-refractivity contribution in [2.24, 2.45) is 0 Å². The highest BCUT2D eigenvalue weighted by atomic mass is 16.5. The Kier molecular flexibility index (Phi) is 8.13. The van der Waals surface area contributed by atoms with Crippen LogP contribution in [0, 0.1) is 0 Å². The number of aliphatic carboxylic acids is 1. The Balaban J connectivity index is 4.16. The lowest BCUT2D eigenvalue weighted by Crippen LogP contribution is -2.49. The van der Waals surface area contributed by atoms with Gasteiger partial charge in [0.1, 0.15) is 6.04 Å². The van der Waals surface area contributed by atoms with E-state index in [1.54, 1.807) is 7.11 Å². The predicted octanol–water partition coefficient (Wildman–Crippen LogP) is 0.964. The largest absolute Gasteiger partial charge is 0.480 e. The molecule has 0 saturated carbocycles. The standard InChI is InChI=1S/C11H22N2O4/c1-4-6-9(10(14)15)13-11(16)12-8(5-2)7-17-3/h8-9H,4-7H2,1-3H3,(H,14,15)(H2,12,13,16)/t8?,9-/m1/s1. The fraction of sp³-hybridized carbons (Fsp3) is 0.818. The van der Waals surface area contributed by atoms with E-state index >= 15 is 0 Å². The summed E-state index contributed by atoms with van der Waals surface area (Å²) >= 11 is 0. The molecule has 3 N–H and O–H groups in total. The highest BCUT2D eigenvalue weighted by molar-refractivity contribution is 5.82. The van der Waals surface area contributed by atoms with Crippen LogP contribution < -0.4 is 10.6 Å². The minimum atomic E-state index is -1.01. The molecule has 0 heterocycles. The van der Waals surface area contributed by atoms with Crippen LogP contribution in [-0.2, 0) is 9.53 Å². The summed E-state index contributed by atoms with van der Waals surface area (Å²) in [5.41, 5.74) is 0. The number of rotatable bonds is 8. The smallest absolute Gasteiger partial charge is 0.326 e. The lowest BCUT2D eigenvalue weighted by Gasteiger charge is -2.19. The van der Waals surface area contributed by atoms with E-state index in [1.807, 2.05) is 13.8 Å². The molecule has 100 valence electrons. The number of nitrogens with one attached hydrogen (secondary N) is 2. The van der Waals surface area contributed by atoms with Crippen LogP contribution in [0.5, 0.6) is 0 Å². The molecule has 0 aliphatic heterocycles. The number of methoxy groups -OCH3 is 1. The summed E-state index contributed by atoms with van der Waals surface area (Å²) in [5.74, 6) is -1.01. The molecule has 6 heteroatoms. The van der Waals surface area contributed by atoms with E-state index in [-0.39, 0.29) is 6.04 Å². The summed E-state index contributed by atoms with van der Waals surface area (Å²) in [6.45, 7) is 4.20. The average molecular weight is 246 g/mol. The Morgan fingerprint density at radius 2 is 1.94 bits per heavy atom. The third-order valence-electron chi connectivity index (χ3n) is 2.38. The molecule has 0 radical (unpaired) electrons. The highest BCUT2D eigenvalue weighted by Crippen LogP contribution is 1.97. The lowest BCUT2D eigenvalue weighted by molar-refractivity contribution is -0.139. The zero-order chi connectivity index (χ0) is 13.3. The van der Waals surface area contributed by atoms with Crippen LogP contribution in [0.1, 0.15) is 33.1 Å². The highest BCUT2D eigenvalue weighted by Gasteiger charge is 2.19. The maximum absolute atomic E-state index is 11.5. The number of carboxylic acids is 1. The summed E-state index contributed by atoms with van der Waals surface area (Å²) in [6.07, 6.45) is 1.85. The Morgan fingerprint density at radius 1 is 1.29 bits per heavy atom. The Morgan fingerprint density at radius 3 is 2.35 bits per heavy atom. The van der Waals surface area contributed by atoms with Gasteiger partial charge in [-0.2, -0.15) is 0 Å². The number of amides is 2. The molecule has 0 aliphatic rings. The lowest BCUT2D eigenvalue weighted by atomic mass is 10.2. The molecular formula is C11H22N2O4. The molecule has 0 aliphatic carbocycles. The van der Waals surface area contributed by atoms with Gasteiger partial charge in [-0.05, 0) is 12.8 Å². The van der Waals surface area contributed by atoms with Crippen LogP contribution in [0.3, 0.4) is 0 Å². The van der Waals surface area contributed by atoms with Gasteiger partial charge in [-0.1, -0.05) is 20.3 Å². The molecule has 0 saturated heterocycles. The van der Waals surface area contributed by atoms with Gasteiger partial charge in [0.05, 0.1) is 12.6 Å². The van der Waals surface area contributed by atoms with Gasteiger partial charge in [-0.3, -0.25) is 0 Å². The van der Waals surface area contributed by atoms with Gasteiger partial charge in [-0.15, -0.1) is 0 Å². The number of carboxylic acid groups (broad SMARTS) is 1. The first kappa shape index (κ1) is 15.7. The first-order valence-corrected chi connectivity index (χ1v) is 5.83. The third-order valence-corrected chi connectivity index (χ3v) is 2.38. The molecule has 0 aromatic carbocycles. The van der Waals surface area contributed by atoms with Crippen molar-refractivity contribution in [3.05, 3.63) is 0 Å². The van der Waals surface area contributed by atoms with Crippen molar-refractivity contribution >= 4 is 12.0 Å². The second-order valence-electron chi connectivity index (χ2n) is 3.86. The SMILES string of the molecule is CCC[C@@H](NC(=O)NC(CC)COC)C(=O)O. The number of carbonyl (C=O) groups excluding carboxylic acids is 1. The third kappa shape index (κ3) is 6.78. The van der Waals surface area contributed by atoms with Gasteiger partial charge in [0.2, 0.25) is 0 Å². The van der Waals surface area contributed by atoms with E-state index in [9.17, 15) is 9.59 Å². The Bertz CT molecular complexity index is 246. The Hall–Kier alpha value is -1.30. The number of urea groups is 1. The topological polar surface area (TPSA) is 87.7 Å². The van der Waals surface area contributed by atoms with Gasteiger partial charge in [0, 0.05) is 7.11 Å². The zero-order valence-electron chi connectivity index (χ0n) is 10.7. The van der Waals surface area contributed by atoms with Crippen molar-refractivity contribution in [2.45, 2.75) is 45.2 Å². The number of hydrogen-bond acceptors (Lipinski definition) is 3. The van der Waals surface area contributed by atoms with E-state index in [0.717, 1.165) is 6.42 Å². The van der Waals surface area contributed by atoms with Gasteiger partial charge in [0.15, 0.2) is 0 Å². The van der Waals surface area contributed by atoms with Crippen molar-refractivity contribution in [2.75, 3.05) is 13.7 Å². The maximum Gasteiger partial charge on any atom is 0.326 e. The van der Waals surface area contributed by atoms with Gasteiger partial charge < -0.3 is 20.5 Å². The van der Waals surface area contributed by atoms with E-state index in [1.165, 1.54) is 0 Å². The quantitative estimate of drug-likeness (QED) is 0.595. The van der Waals surface area contributed by atoms with Crippen molar-refractivity contribution in [3.63, 3.8) is 0 Å². The van der Waals surface area contributed by atoms with Crippen LogP contribution in [-0.4, -0.2) is 42.9 Å². The molecular weight excluding hydrogens is 224 g/mol. The molecule has 6 nitrogen and oxygen atoms in total. The van der Waals surface area contributed by atoms with Crippen molar-refractivity contribution in [1.29, 1.82) is 0 Å². The second-order valence-corrected chi connectivity index (χ2v) is 3.86. The average Bonchev–Trinajstić information content (AvgIpc) is 2.27. The molecule has 0 bridgehead atoms. The van der Waals surface area contributed by atoms with E-state index in [2.05, 4.69) is 10.6 Å². The zero-order valence-corrected chi connectivity index (χ0v) is 10.7. The van der Waals surface area contributed by atoms with Crippen molar-refractivity contribution in [3.8, 4) is 0 Å². The van der Waals surface area contributed by atoms with Gasteiger partial charge in [-0.25, -0.2) is 9.59 Å². The molecule has 0 fully saturated rings. The second kappa shape index (κ2) is 8.81. The van der Waals surface area contributed by atoms with Crippen LogP contribution >= 0.6 is 0 Å². The first-order valence-electron chi connectivity index (χ1n) is 5.83. The minimum absolute atomic E-state index is 0.101. The van der Waals surface area contributed by atoms with Gasteiger partial charge >= 0.3 is 12.0 Å². The molecule has 1 unspecified atom stereocenters. The van der Waals surface area contributed by atoms with E-state index in [4.69, 9.17) is 9.84 Å². The summed E-state index contributed by atoms with van der Waals surface area (Å²) in [6, 6.07) is -1.40. The fourth-order valence-electron chi connectivity index (χ4n) is 1.39. The summed E-state index contributed by atoms with van der Waals surface area (Å²) < 4.78 is 4.94. The molecule has 2 amide bonds. The normalized spacial score (nSPS) is 13.8. The van der Waals surface area contributed by atoms with Crippen molar-refractivity contribution in [1.82, 2.24) is 10.6 Å². The molecule has 0 rings (SSSR count). The summed E-state index contributed by atoms with van der Waals surface area (Å²) in [7, 11) is 1.55. The van der Waals surface area contributed by atoms with Crippen LogP contribution in [0.4, 0.5) is 4.79 Å². The van der Waals surface area contributed by atoms with Crippen molar-refractivity contribution < 1.29 is 19.4 Å². The number of ether oxygens (including phenoxy) is 1. The molecule has 2 atom stereocenters. The monoisotopic (exact) mass is 246 g/mol. The van der Waals surface area contributed by atoms with E-state index < -0.39 is 18.0 Å². The maximum atomic E-state index is 11.5. The van der Waals surface area contributed by atoms with Crippen LogP contribution in [0.25, 0.3) is 0 Å². The predicted molar refractivity (Wildman–Crippen MR) is 64.0 cm³/mol. The molecule has 17 heavy (non-hydrogen) atoms. The molecule has 0 aromatic rings. The minimum Gasteiger partial charge on any atom is -0.480 e. The van der Waals surface area contributed by atoms with Gasteiger partial charge in [0.25, 0.3) is 0 Å². The van der Waals surface area contributed by atoms with Crippen LogP contribution in [0.2, 0.25) is 0 Å². The summed E-state index contributed by atoms with van der Waals surface area (Å²) in [4.78, 5) is 22.4. The van der Waals surface area contributed by atoms with Crippen LogP contribution in [0.15, 0.2) is 0 Å². The first-order chi connectivity index (χ1) is 8.04. The molecule has 0 aromatic heterocycles. The number of carbonyl (C=O) groups is 2. The molecule has 0 spiro atoms.